The lowest BCUT2D eigenvalue weighted by molar-refractivity contribution is -0.119. The van der Waals surface area contributed by atoms with Crippen molar-refractivity contribution in [3.05, 3.63) is 65.7 Å². The molecule has 31 heavy (non-hydrogen) atoms. The van der Waals surface area contributed by atoms with Crippen molar-refractivity contribution in [1.29, 1.82) is 0 Å². The third kappa shape index (κ3) is 9.53. The van der Waals surface area contributed by atoms with Crippen LogP contribution in [0.15, 0.2) is 59.6 Å². The molecule has 0 saturated carbocycles. The number of aliphatic imine (C=N–C) groups is 1. The van der Waals surface area contributed by atoms with Crippen LogP contribution in [0.1, 0.15) is 37.5 Å². The van der Waals surface area contributed by atoms with Crippen LogP contribution >= 0.6 is 0 Å². The van der Waals surface area contributed by atoms with E-state index in [2.05, 4.69) is 40.0 Å². The van der Waals surface area contributed by atoms with E-state index < -0.39 is 0 Å². The third-order valence-corrected chi connectivity index (χ3v) is 4.62. The van der Waals surface area contributed by atoms with Gasteiger partial charge in [-0.3, -0.25) is 4.79 Å². The average molecular weight is 427 g/mol. The number of carbonyl (C=O) groups is 1. The molecule has 0 aliphatic carbocycles. The summed E-state index contributed by atoms with van der Waals surface area (Å²) in [6, 6.07) is 17.8. The maximum absolute atomic E-state index is 12.1. The van der Waals surface area contributed by atoms with Gasteiger partial charge in [-0.2, -0.15) is 0 Å². The van der Waals surface area contributed by atoms with Crippen LogP contribution in [0.2, 0.25) is 0 Å². The lowest BCUT2D eigenvalue weighted by Crippen LogP contribution is -2.39. The number of carbonyl (C=O) groups excluding carboxylic acids is 1. The Hall–Kier alpha value is -3.06. The van der Waals surface area contributed by atoms with Gasteiger partial charge in [-0.05, 0) is 43.5 Å². The van der Waals surface area contributed by atoms with Crippen LogP contribution in [-0.2, 0) is 16.1 Å². The highest BCUT2D eigenvalue weighted by atomic mass is 16.5. The molecule has 0 aliphatic heterocycles. The zero-order valence-corrected chi connectivity index (χ0v) is 18.7. The monoisotopic (exact) mass is 426 g/mol. The van der Waals surface area contributed by atoms with Crippen molar-refractivity contribution >= 4 is 11.9 Å². The highest BCUT2D eigenvalue weighted by molar-refractivity contribution is 5.84. The second kappa shape index (κ2) is 14.0. The second-order valence-electron chi connectivity index (χ2n) is 7.02. The molecule has 1 amide bonds. The van der Waals surface area contributed by atoms with Gasteiger partial charge in [-0.1, -0.05) is 42.5 Å². The Balaban J connectivity index is 1.67. The van der Waals surface area contributed by atoms with E-state index in [4.69, 9.17) is 9.47 Å². The van der Waals surface area contributed by atoms with Crippen molar-refractivity contribution in [3.8, 4) is 5.75 Å². The van der Waals surface area contributed by atoms with Gasteiger partial charge in [-0.15, -0.1) is 0 Å². The number of rotatable bonds is 12. The van der Waals surface area contributed by atoms with E-state index in [-0.39, 0.29) is 18.6 Å². The zero-order chi connectivity index (χ0) is 22.3. The predicted octanol–water partition coefficient (Wildman–Crippen LogP) is 3.03. The van der Waals surface area contributed by atoms with Gasteiger partial charge in [-0.25, -0.2) is 4.99 Å². The largest absolute Gasteiger partial charge is 0.497 e. The molecule has 1 atom stereocenters. The molecule has 0 aromatic heterocycles. The summed E-state index contributed by atoms with van der Waals surface area (Å²) in [5, 5.41) is 9.27. The minimum absolute atomic E-state index is 0.0625. The molecule has 0 bridgehead atoms. The molecule has 0 fully saturated rings. The van der Waals surface area contributed by atoms with Gasteiger partial charge in [0, 0.05) is 26.2 Å². The van der Waals surface area contributed by atoms with E-state index in [1.807, 2.05) is 49.4 Å². The smallest absolute Gasteiger partial charge is 0.242 e. The van der Waals surface area contributed by atoms with E-state index in [9.17, 15) is 4.79 Å². The molecular formula is C24H34N4O3. The topological polar surface area (TPSA) is 84.0 Å². The van der Waals surface area contributed by atoms with Crippen LogP contribution in [0.3, 0.4) is 0 Å². The molecule has 168 valence electrons. The molecule has 1 unspecified atom stereocenters. The summed E-state index contributed by atoms with van der Waals surface area (Å²) in [5.74, 6) is 1.28. The van der Waals surface area contributed by atoms with Crippen molar-refractivity contribution < 1.29 is 14.3 Å². The highest BCUT2D eigenvalue weighted by Gasteiger charge is 2.05. The first-order valence-electron chi connectivity index (χ1n) is 10.7. The minimum atomic E-state index is -0.131. The van der Waals surface area contributed by atoms with Gasteiger partial charge in [0.05, 0.1) is 13.2 Å². The SMILES string of the molecule is CCNC(=NCC(=O)NCc1ccc(OC)cc1)NCCCOC(C)c1ccccc1. The van der Waals surface area contributed by atoms with Crippen molar-refractivity contribution in [2.75, 3.05) is 33.4 Å². The Morgan fingerprint density at radius 1 is 1.03 bits per heavy atom. The number of amides is 1. The first-order chi connectivity index (χ1) is 15.1. The number of guanidine groups is 1. The van der Waals surface area contributed by atoms with E-state index >= 15 is 0 Å². The maximum atomic E-state index is 12.1. The number of benzene rings is 2. The Kier molecular flexibility index (Phi) is 11.0. The predicted molar refractivity (Wildman–Crippen MR) is 124 cm³/mol. The van der Waals surface area contributed by atoms with E-state index in [0.29, 0.717) is 25.7 Å². The van der Waals surface area contributed by atoms with Crippen LogP contribution < -0.4 is 20.7 Å². The number of nitrogens with one attached hydrogen (secondary N) is 3. The molecule has 7 heteroatoms. The number of hydrogen-bond acceptors (Lipinski definition) is 4. The number of hydrogen-bond donors (Lipinski definition) is 3. The Labute approximate surface area is 185 Å². The van der Waals surface area contributed by atoms with Gasteiger partial charge in [0.15, 0.2) is 5.96 Å². The van der Waals surface area contributed by atoms with Crippen molar-refractivity contribution in [3.63, 3.8) is 0 Å². The molecule has 0 heterocycles. The van der Waals surface area contributed by atoms with E-state index in [1.54, 1.807) is 7.11 Å². The highest BCUT2D eigenvalue weighted by Crippen LogP contribution is 2.15. The summed E-state index contributed by atoms with van der Waals surface area (Å²) in [6.07, 6.45) is 0.906. The summed E-state index contributed by atoms with van der Waals surface area (Å²) in [5.41, 5.74) is 2.18. The number of methoxy groups -OCH3 is 1. The van der Waals surface area contributed by atoms with Crippen molar-refractivity contribution in [1.82, 2.24) is 16.0 Å². The molecule has 2 rings (SSSR count). The van der Waals surface area contributed by atoms with Gasteiger partial charge in [0.2, 0.25) is 5.91 Å². The Morgan fingerprint density at radius 2 is 1.77 bits per heavy atom. The van der Waals surface area contributed by atoms with Crippen LogP contribution in [0, 0.1) is 0 Å². The fourth-order valence-electron chi connectivity index (χ4n) is 2.85. The fourth-order valence-corrected chi connectivity index (χ4v) is 2.85. The molecular weight excluding hydrogens is 392 g/mol. The van der Waals surface area contributed by atoms with Crippen molar-refractivity contribution in [2.24, 2.45) is 4.99 Å². The van der Waals surface area contributed by atoms with Crippen molar-refractivity contribution in [2.45, 2.75) is 32.9 Å². The quantitative estimate of drug-likeness (QED) is 0.276. The standard InChI is InChI=1S/C24H34N4O3/c1-4-25-24(26-15-8-16-31-19(2)21-9-6-5-7-10-21)28-18-23(29)27-17-20-11-13-22(30-3)14-12-20/h5-7,9-14,19H,4,8,15-18H2,1-3H3,(H,27,29)(H2,25,26,28). The zero-order valence-electron chi connectivity index (χ0n) is 18.7. The third-order valence-electron chi connectivity index (χ3n) is 4.62. The van der Waals surface area contributed by atoms with Gasteiger partial charge in [0.25, 0.3) is 0 Å². The molecule has 3 N–H and O–H groups in total. The summed E-state index contributed by atoms with van der Waals surface area (Å²) in [6.45, 7) is 6.64. The van der Waals surface area contributed by atoms with Crippen LogP contribution in [0.4, 0.5) is 0 Å². The summed E-state index contributed by atoms with van der Waals surface area (Å²) in [7, 11) is 1.63. The summed E-state index contributed by atoms with van der Waals surface area (Å²) < 4.78 is 11.0. The molecule has 0 radical (unpaired) electrons. The lowest BCUT2D eigenvalue weighted by Gasteiger charge is -2.14. The van der Waals surface area contributed by atoms with Gasteiger partial charge < -0.3 is 25.4 Å². The normalized spacial score (nSPS) is 12.2. The molecule has 2 aromatic carbocycles. The molecule has 0 spiro atoms. The average Bonchev–Trinajstić information content (AvgIpc) is 2.81. The van der Waals surface area contributed by atoms with Gasteiger partial charge >= 0.3 is 0 Å². The van der Waals surface area contributed by atoms with Crippen LogP contribution in [-0.4, -0.2) is 45.2 Å². The molecule has 7 nitrogen and oxygen atoms in total. The summed E-state index contributed by atoms with van der Waals surface area (Å²) in [4.78, 5) is 16.5. The number of ether oxygens (including phenoxy) is 2. The second-order valence-corrected chi connectivity index (χ2v) is 7.02. The van der Waals surface area contributed by atoms with E-state index in [0.717, 1.165) is 24.3 Å². The first kappa shape index (κ1) is 24.2. The maximum Gasteiger partial charge on any atom is 0.242 e. The fraction of sp³-hybridized carbons (Fsp3) is 0.417. The number of nitrogens with zero attached hydrogens (tertiary/aromatic N) is 1. The lowest BCUT2D eigenvalue weighted by atomic mass is 10.1. The summed E-state index contributed by atoms with van der Waals surface area (Å²) >= 11 is 0. The Bertz CT molecular complexity index is 794. The first-order valence-corrected chi connectivity index (χ1v) is 10.7. The molecule has 0 saturated heterocycles. The van der Waals surface area contributed by atoms with Gasteiger partial charge in [0.1, 0.15) is 12.3 Å². The molecule has 2 aromatic rings. The minimum Gasteiger partial charge on any atom is -0.497 e. The van der Waals surface area contributed by atoms with Crippen LogP contribution in [0.25, 0.3) is 0 Å². The van der Waals surface area contributed by atoms with E-state index in [1.165, 1.54) is 5.56 Å². The Morgan fingerprint density at radius 3 is 2.45 bits per heavy atom. The molecule has 0 aliphatic rings. The van der Waals surface area contributed by atoms with Crippen LogP contribution in [0.5, 0.6) is 5.75 Å².